The lowest BCUT2D eigenvalue weighted by Gasteiger charge is -2.10. The number of hydrogen-bond acceptors (Lipinski definition) is 5. The monoisotopic (exact) mass is 330 g/mol. The Balaban J connectivity index is 2.46. The molecule has 1 aromatic rings. The number of carbonyl (C=O) groups is 1. The fourth-order valence-corrected chi connectivity index (χ4v) is 2.35. The summed E-state index contributed by atoms with van der Waals surface area (Å²) in [6.45, 7) is 1.40. The first kappa shape index (κ1) is 17.4. The lowest BCUT2D eigenvalue weighted by atomic mass is 10.2. The minimum absolute atomic E-state index is 0.0562. The Kier molecular flexibility index (Phi) is 6.57. The largest absolute Gasteiger partial charge is 0.483 e. The Labute approximate surface area is 129 Å². The highest BCUT2D eigenvalue weighted by molar-refractivity contribution is 7.91. The van der Waals surface area contributed by atoms with Crippen LogP contribution in [0.25, 0.3) is 0 Å². The zero-order chi connectivity index (χ0) is 15.9. The summed E-state index contributed by atoms with van der Waals surface area (Å²) in [6, 6.07) is 6.85. The lowest BCUT2D eigenvalue weighted by Crippen LogP contribution is -2.33. The third-order valence-electron chi connectivity index (χ3n) is 2.69. The van der Waals surface area contributed by atoms with Gasteiger partial charge in [0.15, 0.2) is 16.4 Å². The third-order valence-corrected chi connectivity index (χ3v) is 4.61. The highest BCUT2D eigenvalue weighted by Crippen LogP contribution is 2.17. The first-order valence-electron chi connectivity index (χ1n) is 6.34. The summed E-state index contributed by atoms with van der Waals surface area (Å²) < 4.78 is 27.9. The highest BCUT2D eigenvalue weighted by Gasteiger charge is 2.10. The number of thiocarbonyl (C=S) groups is 1. The van der Waals surface area contributed by atoms with Crippen molar-refractivity contribution in [2.75, 3.05) is 24.7 Å². The number of rotatable bonds is 8. The molecule has 116 valence electrons. The highest BCUT2D eigenvalue weighted by atomic mass is 32.2. The van der Waals surface area contributed by atoms with Gasteiger partial charge in [-0.15, -0.1) is 0 Å². The molecule has 6 nitrogen and oxygen atoms in total. The van der Waals surface area contributed by atoms with E-state index in [4.69, 9.17) is 22.7 Å². The molecule has 0 heterocycles. The van der Waals surface area contributed by atoms with Gasteiger partial charge in [-0.25, -0.2) is 8.42 Å². The van der Waals surface area contributed by atoms with Crippen molar-refractivity contribution < 1.29 is 17.9 Å². The number of benzene rings is 1. The van der Waals surface area contributed by atoms with Crippen LogP contribution in [0.1, 0.15) is 12.5 Å². The van der Waals surface area contributed by atoms with Gasteiger partial charge in [-0.2, -0.15) is 0 Å². The van der Waals surface area contributed by atoms with Crippen LogP contribution in [0.4, 0.5) is 0 Å². The Bertz CT molecular complexity index is 614. The molecule has 8 heteroatoms. The lowest BCUT2D eigenvalue weighted by molar-refractivity contribution is -0.122. The Morgan fingerprint density at radius 1 is 1.38 bits per heavy atom. The van der Waals surface area contributed by atoms with E-state index >= 15 is 0 Å². The second kappa shape index (κ2) is 7.94. The van der Waals surface area contributed by atoms with Crippen molar-refractivity contribution in [3.05, 3.63) is 29.8 Å². The van der Waals surface area contributed by atoms with Crippen LogP contribution in [0, 0.1) is 0 Å². The van der Waals surface area contributed by atoms with Crippen LogP contribution in [0.15, 0.2) is 24.3 Å². The summed E-state index contributed by atoms with van der Waals surface area (Å²) >= 11 is 4.88. The van der Waals surface area contributed by atoms with Gasteiger partial charge in [0.25, 0.3) is 5.91 Å². The maximum atomic E-state index is 11.6. The summed E-state index contributed by atoms with van der Waals surface area (Å²) in [4.78, 5) is 11.8. The molecule has 0 spiro atoms. The number of nitrogens with two attached hydrogens (primary N) is 1. The molecule has 0 aliphatic carbocycles. The maximum Gasteiger partial charge on any atom is 0.257 e. The van der Waals surface area contributed by atoms with Gasteiger partial charge in [0, 0.05) is 12.3 Å². The molecule has 0 saturated heterocycles. The van der Waals surface area contributed by atoms with Crippen molar-refractivity contribution in [3.8, 4) is 5.75 Å². The fourth-order valence-electron chi connectivity index (χ4n) is 1.48. The number of ether oxygens (including phenoxy) is 1. The van der Waals surface area contributed by atoms with E-state index in [-0.39, 0.29) is 29.6 Å². The summed E-state index contributed by atoms with van der Waals surface area (Å²) in [6.07, 6.45) is 0. The van der Waals surface area contributed by atoms with Crippen LogP contribution in [-0.4, -0.2) is 44.0 Å². The van der Waals surface area contributed by atoms with Gasteiger partial charge in [0.1, 0.15) is 10.7 Å². The SMILES string of the molecule is CCS(=O)(=O)CCNC(=O)COc1ccccc1C(N)=S. The summed E-state index contributed by atoms with van der Waals surface area (Å²) in [5.41, 5.74) is 6.10. The van der Waals surface area contributed by atoms with E-state index in [0.29, 0.717) is 11.3 Å². The number of amides is 1. The molecule has 1 rings (SSSR count). The second-order valence-electron chi connectivity index (χ2n) is 4.24. The molecule has 0 aromatic heterocycles. The fraction of sp³-hybridized carbons (Fsp3) is 0.385. The van der Waals surface area contributed by atoms with E-state index < -0.39 is 15.7 Å². The molecule has 1 amide bonds. The summed E-state index contributed by atoms with van der Waals surface area (Å²) in [5.74, 6) is -0.0141. The van der Waals surface area contributed by atoms with E-state index in [1.165, 1.54) is 0 Å². The molecule has 0 unspecified atom stereocenters. The van der Waals surface area contributed by atoms with E-state index in [2.05, 4.69) is 5.32 Å². The Morgan fingerprint density at radius 3 is 2.67 bits per heavy atom. The number of sulfone groups is 1. The van der Waals surface area contributed by atoms with Crippen molar-refractivity contribution in [2.45, 2.75) is 6.92 Å². The van der Waals surface area contributed by atoms with Gasteiger partial charge < -0.3 is 15.8 Å². The van der Waals surface area contributed by atoms with Crippen LogP contribution in [-0.2, 0) is 14.6 Å². The van der Waals surface area contributed by atoms with Crippen LogP contribution in [0.5, 0.6) is 5.75 Å². The molecule has 1 aromatic carbocycles. The smallest absolute Gasteiger partial charge is 0.257 e. The minimum atomic E-state index is -3.09. The average Bonchev–Trinajstić information content (AvgIpc) is 2.45. The zero-order valence-corrected chi connectivity index (χ0v) is 13.3. The van der Waals surface area contributed by atoms with Crippen molar-refractivity contribution in [2.24, 2.45) is 5.73 Å². The summed E-state index contributed by atoms with van der Waals surface area (Å²) in [7, 11) is -3.09. The Hall–Kier alpha value is -1.67. The molecule has 21 heavy (non-hydrogen) atoms. The van der Waals surface area contributed by atoms with Crippen LogP contribution < -0.4 is 15.8 Å². The predicted molar refractivity (Wildman–Crippen MR) is 85.2 cm³/mol. The van der Waals surface area contributed by atoms with Gasteiger partial charge in [-0.1, -0.05) is 31.3 Å². The van der Waals surface area contributed by atoms with Crippen molar-refractivity contribution in [1.82, 2.24) is 5.32 Å². The van der Waals surface area contributed by atoms with Gasteiger partial charge in [-0.3, -0.25) is 4.79 Å². The van der Waals surface area contributed by atoms with E-state index in [1.807, 2.05) is 0 Å². The number of para-hydroxylation sites is 1. The van der Waals surface area contributed by atoms with Gasteiger partial charge in [0.2, 0.25) is 0 Å². The topological polar surface area (TPSA) is 98.5 Å². The molecule has 0 atom stereocenters. The van der Waals surface area contributed by atoms with Gasteiger partial charge in [0.05, 0.1) is 11.3 Å². The van der Waals surface area contributed by atoms with Gasteiger partial charge >= 0.3 is 0 Å². The first-order valence-corrected chi connectivity index (χ1v) is 8.57. The molecule has 0 aliphatic heterocycles. The van der Waals surface area contributed by atoms with Crippen molar-refractivity contribution >= 4 is 33.0 Å². The van der Waals surface area contributed by atoms with Crippen LogP contribution in [0.2, 0.25) is 0 Å². The molecule has 0 bridgehead atoms. The number of hydrogen-bond donors (Lipinski definition) is 2. The molecular formula is C13H18N2O4S2. The molecule has 0 saturated carbocycles. The number of nitrogens with one attached hydrogen (secondary N) is 1. The van der Waals surface area contributed by atoms with E-state index in [1.54, 1.807) is 31.2 Å². The van der Waals surface area contributed by atoms with E-state index in [0.717, 1.165) is 0 Å². The first-order chi connectivity index (χ1) is 9.85. The molecular weight excluding hydrogens is 312 g/mol. The summed E-state index contributed by atoms with van der Waals surface area (Å²) in [5, 5.41) is 2.48. The molecule has 0 radical (unpaired) electrons. The zero-order valence-electron chi connectivity index (χ0n) is 11.7. The molecule has 0 fully saturated rings. The minimum Gasteiger partial charge on any atom is -0.483 e. The predicted octanol–water partition coefficient (Wildman–Crippen LogP) is 0.251. The number of carbonyl (C=O) groups excluding carboxylic acids is 1. The molecule has 3 N–H and O–H groups in total. The average molecular weight is 330 g/mol. The van der Waals surface area contributed by atoms with E-state index in [9.17, 15) is 13.2 Å². The van der Waals surface area contributed by atoms with Crippen molar-refractivity contribution in [1.29, 1.82) is 0 Å². The maximum absolute atomic E-state index is 11.6. The van der Waals surface area contributed by atoms with Crippen molar-refractivity contribution in [3.63, 3.8) is 0 Å². The van der Waals surface area contributed by atoms with Gasteiger partial charge in [-0.05, 0) is 12.1 Å². The third kappa shape index (κ3) is 6.09. The van der Waals surface area contributed by atoms with Crippen LogP contribution >= 0.6 is 12.2 Å². The Morgan fingerprint density at radius 2 is 2.05 bits per heavy atom. The standard InChI is InChI=1S/C13H18N2O4S2/c1-2-21(17,18)8-7-15-12(16)9-19-11-6-4-3-5-10(11)13(14)20/h3-6H,2,7-9H2,1H3,(H2,14,20)(H,15,16). The normalized spacial score (nSPS) is 10.9. The molecule has 0 aliphatic rings. The second-order valence-corrected chi connectivity index (χ2v) is 7.15. The van der Waals surface area contributed by atoms with Crippen LogP contribution in [0.3, 0.4) is 0 Å². The quantitative estimate of drug-likeness (QED) is 0.663.